The normalized spacial score (nSPS) is 12.5. The average molecular weight is 196 g/mol. The third-order valence-electron chi connectivity index (χ3n) is 2.14. The van der Waals surface area contributed by atoms with Gasteiger partial charge in [0.05, 0.1) is 13.2 Å². The molecule has 0 fully saturated rings. The number of benzene rings is 1. The van der Waals surface area contributed by atoms with Crippen LogP contribution < -0.4 is 4.74 Å². The van der Waals surface area contributed by atoms with Crippen molar-refractivity contribution in [1.29, 1.82) is 0 Å². The van der Waals surface area contributed by atoms with E-state index in [2.05, 4.69) is 0 Å². The number of hydrogen-bond donors (Lipinski definition) is 2. The molecule has 78 valence electrons. The smallest absolute Gasteiger partial charge is 0.118 e. The minimum absolute atomic E-state index is 0.118. The lowest BCUT2D eigenvalue weighted by atomic mass is 10.1. The molecule has 1 rings (SSSR count). The minimum Gasteiger partial charge on any atom is -0.497 e. The van der Waals surface area contributed by atoms with Gasteiger partial charge in [-0.2, -0.15) is 0 Å². The first-order valence-corrected chi connectivity index (χ1v) is 4.71. The van der Waals surface area contributed by atoms with E-state index in [-0.39, 0.29) is 6.61 Å². The van der Waals surface area contributed by atoms with E-state index in [0.717, 1.165) is 11.3 Å². The summed E-state index contributed by atoms with van der Waals surface area (Å²) in [6.07, 6.45) is 0.712. The van der Waals surface area contributed by atoms with Gasteiger partial charge in [0.1, 0.15) is 5.75 Å². The summed E-state index contributed by atoms with van der Waals surface area (Å²) < 4.78 is 5.01. The lowest BCUT2D eigenvalue weighted by Gasteiger charge is -2.10. The second-order valence-electron chi connectivity index (χ2n) is 3.15. The van der Waals surface area contributed by atoms with Crippen LogP contribution in [0.15, 0.2) is 24.3 Å². The third-order valence-corrected chi connectivity index (χ3v) is 2.14. The van der Waals surface area contributed by atoms with Crippen molar-refractivity contribution in [3.05, 3.63) is 29.8 Å². The Morgan fingerprint density at radius 3 is 2.43 bits per heavy atom. The summed E-state index contributed by atoms with van der Waals surface area (Å²) in [6, 6.07) is 7.30. The van der Waals surface area contributed by atoms with Crippen molar-refractivity contribution in [1.82, 2.24) is 0 Å². The van der Waals surface area contributed by atoms with Crippen LogP contribution in [0.2, 0.25) is 0 Å². The Balaban J connectivity index is 2.57. The second kappa shape index (κ2) is 5.62. The van der Waals surface area contributed by atoms with Crippen molar-refractivity contribution in [3.8, 4) is 5.75 Å². The van der Waals surface area contributed by atoms with Crippen molar-refractivity contribution in [3.63, 3.8) is 0 Å². The molecule has 0 unspecified atom stereocenters. The minimum atomic E-state index is -0.493. The molecule has 0 radical (unpaired) electrons. The predicted octanol–water partition coefficient (Wildman–Crippen LogP) is 1.50. The summed E-state index contributed by atoms with van der Waals surface area (Å²) in [6.45, 7) is 0.118. The molecule has 14 heavy (non-hydrogen) atoms. The van der Waals surface area contributed by atoms with E-state index in [1.807, 2.05) is 24.3 Å². The fraction of sp³-hybridized carbons (Fsp3) is 0.455. The number of rotatable bonds is 5. The molecule has 3 heteroatoms. The number of ether oxygens (including phenoxy) is 1. The maximum Gasteiger partial charge on any atom is 0.118 e. The van der Waals surface area contributed by atoms with Crippen LogP contribution in [0, 0.1) is 0 Å². The van der Waals surface area contributed by atoms with Gasteiger partial charge in [-0.15, -0.1) is 0 Å². The summed E-state index contributed by atoms with van der Waals surface area (Å²) in [4.78, 5) is 0. The van der Waals surface area contributed by atoms with Gasteiger partial charge >= 0.3 is 0 Å². The van der Waals surface area contributed by atoms with Crippen LogP contribution in [0.3, 0.4) is 0 Å². The van der Waals surface area contributed by atoms with Gasteiger partial charge < -0.3 is 14.9 Å². The third kappa shape index (κ3) is 3.01. The van der Waals surface area contributed by atoms with Gasteiger partial charge in [0.2, 0.25) is 0 Å². The first-order chi connectivity index (χ1) is 6.77. The summed E-state index contributed by atoms with van der Waals surface area (Å²) in [5.74, 6) is 0.781. The topological polar surface area (TPSA) is 49.7 Å². The maximum absolute atomic E-state index is 9.66. The van der Waals surface area contributed by atoms with E-state index in [0.29, 0.717) is 12.8 Å². The van der Waals surface area contributed by atoms with Crippen molar-refractivity contribution < 1.29 is 14.9 Å². The lowest BCUT2D eigenvalue weighted by Crippen LogP contribution is -1.98. The average Bonchev–Trinajstić information content (AvgIpc) is 2.26. The molecule has 3 nitrogen and oxygen atoms in total. The summed E-state index contributed by atoms with van der Waals surface area (Å²) >= 11 is 0. The zero-order valence-electron chi connectivity index (χ0n) is 8.31. The molecule has 1 atom stereocenters. The Morgan fingerprint density at radius 1 is 1.29 bits per heavy atom. The largest absolute Gasteiger partial charge is 0.497 e. The van der Waals surface area contributed by atoms with Gasteiger partial charge in [-0.25, -0.2) is 0 Å². The number of aliphatic hydroxyl groups excluding tert-OH is 2. The molecule has 0 aliphatic heterocycles. The van der Waals surface area contributed by atoms with Gasteiger partial charge in [-0.05, 0) is 30.5 Å². The fourth-order valence-electron chi connectivity index (χ4n) is 1.28. The summed E-state index contributed by atoms with van der Waals surface area (Å²) in [5, 5.41) is 18.3. The Morgan fingerprint density at radius 2 is 1.93 bits per heavy atom. The standard InChI is InChI=1S/C11H16O3/c1-14-10-6-4-9(5-7-10)11(13)3-2-8-12/h4-7,11-13H,2-3,8H2,1H3/t11-/m0/s1. The molecule has 0 heterocycles. The molecule has 0 aliphatic carbocycles. The van der Waals surface area contributed by atoms with E-state index in [4.69, 9.17) is 9.84 Å². The molecule has 0 aromatic heterocycles. The number of methoxy groups -OCH3 is 1. The van der Waals surface area contributed by atoms with Gasteiger partial charge in [0.25, 0.3) is 0 Å². The van der Waals surface area contributed by atoms with Crippen LogP contribution in [-0.2, 0) is 0 Å². The molecule has 0 saturated carbocycles. The highest BCUT2D eigenvalue weighted by atomic mass is 16.5. The zero-order valence-corrected chi connectivity index (χ0v) is 8.31. The van der Waals surface area contributed by atoms with Gasteiger partial charge in [0.15, 0.2) is 0 Å². The monoisotopic (exact) mass is 196 g/mol. The highest BCUT2D eigenvalue weighted by Gasteiger charge is 2.06. The molecule has 0 aliphatic rings. The molecule has 1 aromatic carbocycles. The second-order valence-corrected chi connectivity index (χ2v) is 3.15. The lowest BCUT2D eigenvalue weighted by molar-refractivity contribution is 0.152. The number of hydrogen-bond acceptors (Lipinski definition) is 3. The highest BCUT2D eigenvalue weighted by Crippen LogP contribution is 2.20. The van der Waals surface area contributed by atoms with Crippen LogP contribution in [0.25, 0.3) is 0 Å². The molecule has 0 amide bonds. The fourth-order valence-corrected chi connectivity index (χ4v) is 1.28. The summed E-state index contributed by atoms with van der Waals surface area (Å²) in [7, 11) is 1.61. The first-order valence-electron chi connectivity index (χ1n) is 4.71. The highest BCUT2D eigenvalue weighted by molar-refractivity contribution is 5.28. The van der Waals surface area contributed by atoms with Crippen molar-refractivity contribution in [2.45, 2.75) is 18.9 Å². The Bertz CT molecular complexity index is 256. The van der Waals surface area contributed by atoms with Crippen molar-refractivity contribution in [2.24, 2.45) is 0 Å². The molecular formula is C11H16O3. The Labute approximate surface area is 84.0 Å². The Kier molecular flexibility index (Phi) is 4.43. The zero-order chi connectivity index (χ0) is 10.4. The molecular weight excluding hydrogens is 180 g/mol. The molecule has 0 spiro atoms. The molecule has 2 N–H and O–H groups in total. The molecule has 0 saturated heterocycles. The van der Waals surface area contributed by atoms with E-state index in [9.17, 15) is 5.11 Å². The van der Waals surface area contributed by atoms with Crippen LogP contribution in [-0.4, -0.2) is 23.9 Å². The van der Waals surface area contributed by atoms with E-state index in [1.54, 1.807) is 7.11 Å². The van der Waals surface area contributed by atoms with Crippen LogP contribution in [0.4, 0.5) is 0 Å². The number of aliphatic hydroxyl groups is 2. The predicted molar refractivity (Wildman–Crippen MR) is 54.3 cm³/mol. The van der Waals surface area contributed by atoms with Crippen LogP contribution in [0.5, 0.6) is 5.75 Å². The van der Waals surface area contributed by atoms with Crippen LogP contribution >= 0.6 is 0 Å². The van der Waals surface area contributed by atoms with E-state index in [1.165, 1.54) is 0 Å². The van der Waals surface area contributed by atoms with Gasteiger partial charge in [-0.3, -0.25) is 0 Å². The molecule has 1 aromatic rings. The Hall–Kier alpha value is -1.06. The first kappa shape index (κ1) is 11.0. The van der Waals surface area contributed by atoms with E-state index >= 15 is 0 Å². The SMILES string of the molecule is COc1ccc([C@@H](O)CCCO)cc1. The van der Waals surface area contributed by atoms with Crippen LogP contribution in [0.1, 0.15) is 24.5 Å². The quantitative estimate of drug-likeness (QED) is 0.750. The maximum atomic E-state index is 9.66. The molecule has 0 bridgehead atoms. The van der Waals surface area contributed by atoms with Gasteiger partial charge in [0, 0.05) is 6.61 Å². The summed E-state index contributed by atoms with van der Waals surface area (Å²) in [5.41, 5.74) is 0.860. The van der Waals surface area contributed by atoms with E-state index < -0.39 is 6.10 Å². The van der Waals surface area contributed by atoms with Gasteiger partial charge in [-0.1, -0.05) is 12.1 Å². The van der Waals surface area contributed by atoms with Crippen molar-refractivity contribution in [2.75, 3.05) is 13.7 Å². The van der Waals surface area contributed by atoms with Crippen molar-refractivity contribution >= 4 is 0 Å².